The molecule has 0 spiro atoms. The Kier molecular flexibility index (Phi) is 17.4. The van der Waals surface area contributed by atoms with E-state index in [1.54, 1.807) is 0 Å². The highest BCUT2D eigenvalue weighted by atomic mass is 14.1. The molecule has 0 bridgehead atoms. The van der Waals surface area contributed by atoms with Gasteiger partial charge in [0.25, 0.3) is 0 Å². The molecule has 0 aliphatic rings. The summed E-state index contributed by atoms with van der Waals surface area (Å²) in [5.74, 6) is 0.897. The zero-order chi connectivity index (χ0) is 18.8. The molecule has 0 saturated carbocycles. The first kappa shape index (κ1) is 25.0. The van der Waals surface area contributed by atoms with Gasteiger partial charge < -0.3 is 0 Å². The van der Waals surface area contributed by atoms with Crippen molar-refractivity contribution in [2.24, 2.45) is 11.3 Å². The zero-order valence-electron chi connectivity index (χ0n) is 18.8. The molecule has 0 heterocycles. The second-order valence-electron chi connectivity index (χ2n) is 10.2. The van der Waals surface area contributed by atoms with E-state index in [-0.39, 0.29) is 0 Å². The first-order valence-electron chi connectivity index (χ1n) is 11.9. The van der Waals surface area contributed by atoms with E-state index in [4.69, 9.17) is 0 Å². The normalized spacial score (nSPS) is 12.2. The molecule has 0 aliphatic heterocycles. The molecular formula is C25H52. The van der Waals surface area contributed by atoms with E-state index in [9.17, 15) is 0 Å². The van der Waals surface area contributed by atoms with Gasteiger partial charge in [-0.1, -0.05) is 144 Å². The second kappa shape index (κ2) is 17.4. The average molecular weight is 353 g/mol. The summed E-state index contributed by atoms with van der Waals surface area (Å²) < 4.78 is 0. The quantitative estimate of drug-likeness (QED) is 0.215. The lowest BCUT2D eigenvalue weighted by Crippen LogP contribution is -2.03. The second-order valence-corrected chi connectivity index (χ2v) is 10.2. The van der Waals surface area contributed by atoms with Gasteiger partial charge in [-0.3, -0.25) is 0 Å². The van der Waals surface area contributed by atoms with Gasteiger partial charge in [-0.25, -0.2) is 0 Å². The molecule has 0 saturated heterocycles. The lowest BCUT2D eigenvalue weighted by atomic mass is 9.89. The highest BCUT2D eigenvalue weighted by Gasteiger charge is 2.08. The van der Waals surface area contributed by atoms with Crippen LogP contribution in [0.2, 0.25) is 0 Å². The van der Waals surface area contributed by atoms with E-state index < -0.39 is 0 Å². The van der Waals surface area contributed by atoms with Crippen LogP contribution in [0.1, 0.15) is 150 Å². The van der Waals surface area contributed by atoms with Crippen LogP contribution in [0.3, 0.4) is 0 Å². The molecule has 0 aromatic carbocycles. The molecule has 0 N–H and O–H groups in total. The van der Waals surface area contributed by atoms with Crippen molar-refractivity contribution < 1.29 is 0 Å². The average Bonchev–Trinajstić information content (AvgIpc) is 2.52. The van der Waals surface area contributed by atoms with Crippen molar-refractivity contribution in [2.75, 3.05) is 0 Å². The Bertz CT molecular complexity index is 245. The van der Waals surface area contributed by atoms with Crippen LogP contribution in [0.25, 0.3) is 0 Å². The summed E-state index contributed by atoms with van der Waals surface area (Å²) in [6.07, 6.45) is 26.4. The fraction of sp³-hybridized carbons (Fsp3) is 1.00. The van der Waals surface area contributed by atoms with Crippen molar-refractivity contribution in [2.45, 2.75) is 150 Å². The fourth-order valence-electron chi connectivity index (χ4n) is 3.68. The van der Waals surface area contributed by atoms with Gasteiger partial charge in [0.1, 0.15) is 0 Å². The maximum atomic E-state index is 2.36. The van der Waals surface area contributed by atoms with Crippen LogP contribution in [0.15, 0.2) is 0 Å². The molecule has 0 unspecified atom stereocenters. The van der Waals surface area contributed by atoms with E-state index in [1.807, 2.05) is 0 Å². The molecule has 0 atom stereocenters. The van der Waals surface area contributed by atoms with E-state index in [0.29, 0.717) is 5.41 Å². The topological polar surface area (TPSA) is 0 Å². The molecule has 0 radical (unpaired) electrons. The van der Waals surface area contributed by atoms with Crippen molar-refractivity contribution in [3.05, 3.63) is 0 Å². The molecule has 0 fully saturated rings. The number of hydrogen-bond acceptors (Lipinski definition) is 0. The van der Waals surface area contributed by atoms with Gasteiger partial charge in [-0.2, -0.15) is 0 Å². The Hall–Kier alpha value is 0. The number of rotatable bonds is 18. The van der Waals surface area contributed by atoms with Crippen molar-refractivity contribution in [1.29, 1.82) is 0 Å². The third kappa shape index (κ3) is 24.0. The Morgan fingerprint density at radius 1 is 0.440 bits per heavy atom. The maximum absolute atomic E-state index is 2.36. The van der Waals surface area contributed by atoms with Gasteiger partial charge in [-0.05, 0) is 17.8 Å². The summed E-state index contributed by atoms with van der Waals surface area (Å²) in [5, 5.41) is 0. The van der Waals surface area contributed by atoms with E-state index in [1.165, 1.54) is 116 Å². The SMILES string of the molecule is CC(C)CCCCCCCCCCCCCCCCCCC(C)(C)C. The summed E-state index contributed by atoms with van der Waals surface area (Å²) in [4.78, 5) is 0. The smallest absolute Gasteiger partial charge is 0.0383 e. The number of unbranched alkanes of at least 4 members (excludes halogenated alkanes) is 15. The number of hydrogen-bond donors (Lipinski definition) is 0. The van der Waals surface area contributed by atoms with E-state index in [2.05, 4.69) is 34.6 Å². The van der Waals surface area contributed by atoms with Gasteiger partial charge in [0.2, 0.25) is 0 Å². The lowest BCUT2D eigenvalue weighted by molar-refractivity contribution is 0.356. The van der Waals surface area contributed by atoms with Crippen LogP contribution in [0.5, 0.6) is 0 Å². The summed E-state index contributed by atoms with van der Waals surface area (Å²) in [7, 11) is 0. The van der Waals surface area contributed by atoms with Gasteiger partial charge >= 0.3 is 0 Å². The lowest BCUT2D eigenvalue weighted by Gasteiger charge is -2.17. The first-order chi connectivity index (χ1) is 11.9. The molecule has 0 aromatic rings. The van der Waals surface area contributed by atoms with E-state index >= 15 is 0 Å². The highest BCUT2D eigenvalue weighted by Crippen LogP contribution is 2.22. The molecule has 0 amide bonds. The maximum Gasteiger partial charge on any atom is -0.0383 e. The molecule has 0 heteroatoms. The molecule has 0 rings (SSSR count). The van der Waals surface area contributed by atoms with Crippen molar-refractivity contribution in [3.8, 4) is 0 Å². The van der Waals surface area contributed by atoms with E-state index in [0.717, 1.165) is 5.92 Å². The van der Waals surface area contributed by atoms with Crippen LogP contribution < -0.4 is 0 Å². The van der Waals surface area contributed by atoms with Crippen molar-refractivity contribution in [1.82, 2.24) is 0 Å². The minimum atomic E-state index is 0.535. The first-order valence-corrected chi connectivity index (χ1v) is 11.9. The van der Waals surface area contributed by atoms with Crippen molar-refractivity contribution >= 4 is 0 Å². The van der Waals surface area contributed by atoms with Crippen LogP contribution in [0.4, 0.5) is 0 Å². The molecule has 0 nitrogen and oxygen atoms in total. The fourth-order valence-corrected chi connectivity index (χ4v) is 3.68. The summed E-state index contributed by atoms with van der Waals surface area (Å²) in [6.45, 7) is 11.8. The summed E-state index contributed by atoms with van der Waals surface area (Å²) in [6, 6.07) is 0. The minimum absolute atomic E-state index is 0.535. The van der Waals surface area contributed by atoms with Gasteiger partial charge in [-0.15, -0.1) is 0 Å². The third-order valence-corrected chi connectivity index (χ3v) is 5.46. The molecule has 0 aliphatic carbocycles. The Balaban J connectivity index is 3.03. The molecule has 152 valence electrons. The summed E-state index contributed by atoms with van der Waals surface area (Å²) >= 11 is 0. The highest BCUT2D eigenvalue weighted by molar-refractivity contribution is 4.61. The standard InChI is InChI=1S/C25H52/c1-24(2)22-20-18-16-14-12-10-8-6-7-9-11-13-15-17-19-21-23-25(3,4)5/h24H,6-23H2,1-5H3. The monoisotopic (exact) mass is 352 g/mol. The Labute approximate surface area is 161 Å². The summed E-state index contributed by atoms with van der Waals surface area (Å²) in [5.41, 5.74) is 0.535. The third-order valence-electron chi connectivity index (χ3n) is 5.46. The predicted molar refractivity (Wildman–Crippen MR) is 117 cm³/mol. The Morgan fingerprint density at radius 2 is 0.720 bits per heavy atom. The van der Waals surface area contributed by atoms with Crippen molar-refractivity contribution in [3.63, 3.8) is 0 Å². The Morgan fingerprint density at radius 3 is 1.00 bits per heavy atom. The molecule has 25 heavy (non-hydrogen) atoms. The molecule has 0 aromatic heterocycles. The van der Waals surface area contributed by atoms with Crippen LogP contribution in [-0.2, 0) is 0 Å². The zero-order valence-corrected chi connectivity index (χ0v) is 18.8. The van der Waals surface area contributed by atoms with Gasteiger partial charge in [0.15, 0.2) is 0 Å². The van der Waals surface area contributed by atoms with Crippen LogP contribution in [0, 0.1) is 11.3 Å². The largest absolute Gasteiger partial charge is 0.0628 e. The van der Waals surface area contributed by atoms with Gasteiger partial charge in [0.05, 0.1) is 0 Å². The van der Waals surface area contributed by atoms with Crippen LogP contribution >= 0.6 is 0 Å². The minimum Gasteiger partial charge on any atom is -0.0628 e. The van der Waals surface area contributed by atoms with Gasteiger partial charge in [0, 0.05) is 0 Å². The van der Waals surface area contributed by atoms with Crippen LogP contribution in [-0.4, -0.2) is 0 Å². The predicted octanol–water partition coefficient (Wildman–Crippen LogP) is 9.71. The molecular weight excluding hydrogens is 300 g/mol.